The first-order valence-electron chi connectivity index (χ1n) is 10.8. The number of ether oxygens (including phenoxy) is 3. The summed E-state index contributed by atoms with van der Waals surface area (Å²) in [6, 6.07) is 17.1. The number of carbonyl (C=O) groups is 2. The van der Waals surface area contributed by atoms with Gasteiger partial charge in [-0.25, -0.2) is 4.79 Å². The molecule has 3 rings (SSSR count). The minimum absolute atomic E-state index is 0.145. The fourth-order valence-electron chi connectivity index (χ4n) is 3.73. The van der Waals surface area contributed by atoms with E-state index in [9.17, 15) is 9.59 Å². The van der Waals surface area contributed by atoms with Gasteiger partial charge < -0.3 is 24.1 Å². The van der Waals surface area contributed by atoms with E-state index < -0.39 is 5.97 Å². The van der Waals surface area contributed by atoms with Crippen LogP contribution < -0.4 is 9.47 Å². The molecule has 0 aliphatic carbocycles. The van der Waals surface area contributed by atoms with Crippen molar-refractivity contribution in [2.45, 2.75) is 26.3 Å². The van der Waals surface area contributed by atoms with Crippen LogP contribution in [-0.2, 0) is 17.7 Å². The third-order valence-electron chi connectivity index (χ3n) is 5.54. The van der Waals surface area contributed by atoms with Gasteiger partial charge in [-0.3, -0.25) is 4.79 Å². The highest BCUT2D eigenvalue weighted by molar-refractivity contribution is 5.95. The van der Waals surface area contributed by atoms with Crippen LogP contribution in [0.4, 0.5) is 0 Å². The molecule has 1 amide bonds. The molecule has 1 aromatic heterocycles. The molecule has 0 radical (unpaired) electrons. The van der Waals surface area contributed by atoms with Gasteiger partial charge in [0.25, 0.3) is 5.91 Å². The van der Waals surface area contributed by atoms with Gasteiger partial charge in [0.05, 0.1) is 27.9 Å². The monoisotopic (exact) mass is 450 g/mol. The number of methoxy groups -OCH3 is 3. The maximum Gasteiger partial charge on any atom is 0.354 e. The zero-order valence-electron chi connectivity index (χ0n) is 19.5. The topological polar surface area (TPSA) is 80.9 Å². The van der Waals surface area contributed by atoms with E-state index >= 15 is 0 Å². The molecule has 0 spiro atoms. The highest BCUT2D eigenvalue weighted by Gasteiger charge is 2.21. The van der Waals surface area contributed by atoms with E-state index in [1.807, 2.05) is 25.1 Å². The van der Waals surface area contributed by atoms with Crippen LogP contribution in [0.15, 0.2) is 54.6 Å². The van der Waals surface area contributed by atoms with E-state index in [2.05, 4.69) is 17.1 Å². The predicted molar refractivity (Wildman–Crippen MR) is 126 cm³/mol. The summed E-state index contributed by atoms with van der Waals surface area (Å²) >= 11 is 0. The summed E-state index contributed by atoms with van der Waals surface area (Å²) in [7, 11) is 4.47. The second-order valence-corrected chi connectivity index (χ2v) is 7.71. The minimum Gasteiger partial charge on any atom is -0.496 e. The number of esters is 1. The molecule has 3 aromatic rings. The van der Waals surface area contributed by atoms with Crippen molar-refractivity contribution in [3.63, 3.8) is 0 Å². The van der Waals surface area contributed by atoms with Gasteiger partial charge in [-0.2, -0.15) is 0 Å². The quantitative estimate of drug-likeness (QED) is 0.463. The van der Waals surface area contributed by atoms with Crippen LogP contribution in [0, 0.1) is 6.92 Å². The molecule has 7 nitrogen and oxygen atoms in total. The number of hydrogen-bond donors (Lipinski definition) is 1. The van der Waals surface area contributed by atoms with E-state index in [4.69, 9.17) is 14.2 Å². The van der Waals surface area contributed by atoms with Crippen LogP contribution >= 0.6 is 0 Å². The smallest absolute Gasteiger partial charge is 0.354 e. The van der Waals surface area contributed by atoms with Gasteiger partial charge in [0.15, 0.2) is 0 Å². The van der Waals surface area contributed by atoms with Gasteiger partial charge in [0.1, 0.15) is 17.2 Å². The van der Waals surface area contributed by atoms with E-state index in [1.165, 1.54) is 12.7 Å². The summed E-state index contributed by atoms with van der Waals surface area (Å²) in [6.07, 6.45) is 1.64. The number of aromatic amines is 1. The molecule has 0 fully saturated rings. The van der Waals surface area contributed by atoms with Crippen molar-refractivity contribution in [2.75, 3.05) is 27.9 Å². The molecule has 33 heavy (non-hydrogen) atoms. The number of aryl methyl sites for hydroxylation is 1. The molecule has 0 aliphatic heterocycles. The number of H-pyrrole nitrogens is 1. The number of nitrogens with zero attached hydrogens (tertiary/aromatic N) is 1. The molecule has 174 valence electrons. The van der Waals surface area contributed by atoms with Crippen LogP contribution in [0.2, 0.25) is 0 Å². The van der Waals surface area contributed by atoms with Crippen LogP contribution in [0.25, 0.3) is 0 Å². The molecule has 1 N–H and O–H groups in total. The number of carbonyl (C=O) groups excluding carboxylic acids is 2. The number of benzene rings is 2. The standard InChI is InChI=1S/C26H30N2O5/c1-18-23(31-2)15-20(16-24(18)32-3)25(29)28(14-8-11-19-9-6-5-7-10-19)17-21-12-13-22(27-21)26(30)33-4/h5-7,9-10,12-13,15-16,27H,8,11,14,17H2,1-4H3. The summed E-state index contributed by atoms with van der Waals surface area (Å²) in [5, 5.41) is 0. The van der Waals surface area contributed by atoms with Crippen LogP contribution in [0.3, 0.4) is 0 Å². The Morgan fingerprint density at radius 1 is 0.939 bits per heavy atom. The van der Waals surface area contributed by atoms with E-state index in [-0.39, 0.29) is 5.91 Å². The lowest BCUT2D eigenvalue weighted by molar-refractivity contribution is 0.0594. The van der Waals surface area contributed by atoms with Crippen molar-refractivity contribution in [1.82, 2.24) is 9.88 Å². The Hall–Kier alpha value is -3.74. The zero-order valence-corrected chi connectivity index (χ0v) is 19.5. The molecule has 2 aromatic carbocycles. The number of amides is 1. The molecular weight excluding hydrogens is 420 g/mol. The predicted octanol–water partition coefficient (Wildman–Crippen LogP) is 4.40. The Kier molecular flexibility index (Phi) is 8.13. The van der Waals surface area contributed by atoms with Crippen LogP contribution in [0.5, 0.6) is 11.5 Å². The first-order valence-corrected chi connectivity index (χ1v) is 10.8. The minimum atomic E-state index is -0.448. The maximum absolute atomic E-state index is 13.5. The SMILES string of the molecule is COC(=O)c1ccc(CN(CCCc2ccccc2)C(=O)c2cc(OC)c(C)c(OC)c2)[nH]1. The molecule has 0 atom stereocenters. The Morgan fingerprint density at radius 2 is 1.61 bits per heavy atom. The lowest BCUT2D eigenvalue weighted by Crippen LogP contribution is -2.32. The molecule has 0 unspecified atom stereocenters. The van der Waals surface area contributed by atoms with Gasteiger partial charge in [-0.05, 0) is 49.6 Å². The van der Waals surface area contributed by atoms with Gasteiger partial charge in [0, 0.05) is 23.4 Å². The summed E-state index contributed by atoms with van der Waals surface area (Å²) in [5.41, 5.74) is 3.63. The highest BCUT2D eigenvalue weighted by Crippen LogP contribution is 2.30. The van der Waals surface area contributed by atoms with Crippen molar-refractivity contribution < 1.29 is 23.8 Å². The molecule has 0 saturated carbocycles. The number of rotatable bonds is 10. The van der Waals surface area contributed by atoms with Crippen LogP contribution in [0.1, 0.15) is 44.1 Å². The number of aromatic nitrogens is 1. The summed E-state index contributed by atoms with van der Waals surface area (Å²) < 4.78 is 15.7. The Morgan fingerprint density at radius 3 is 2.21 bits per heavy atom. The number of hydrogen-bond acceptors (Lipinski definition) is 5. The van der Waals surface area contributed by atoms with Crippen molar-refractivity contribution in [1.29, 1.82) is 0 Å². The van der Waals surface area contributed by atoms with Crippen molar-refractivity contribution in [3.05, 3.63) is 82.7 Å². The normalized spacial score (nSPS) is 10.5. The molecule has 0 saturated heterocycles. The van der Waals surface area contributed by atoms with Crippen molar-refractivity contribution in [3.8, 4) is 11.5 Å². The maximum atomic E-state index is 13.5. The Balaban J connectivity index is 1.84. The fraction of sp³-hybridized carbons (Fsp3) is 0.308. The molecule has 7 heteroatoms. The third kappa shape index (κ3) is 5.94. The summed E-state index contributed by atoms with van der Waals surface area (Å²) in [4.78, 5) is 30.2. The van der Waals surface area contributed by atoms with Gasteiger partial charge in [0.2, 0.25) is 0 Å². The zero-order chi connectivity index (χ0) is 23.8. The van der Waals surface area contributed by atoms with Crippen molar-refractivity contribution >= 4 is 11.9 Å². The molecule has 1 heterocycles. The lowest BCUT2D eigenvalue weighted by atomic mass is 10.1. The van der Waals surface area contributed by atoms with Gasteiger partial charge in [-0.1, -0.05) is 30.3 Å². The van der Waals surface area contributed by atoms with Crippen LogP contribution in [-0.4, -0.2) is 49.6 Å². The molecule has 0 bridgehead atoms. The van der Waals surface area contributed by atoms with E-state index in [0.29, 0.717) is 35.8 Å². The largest absolute Gasteiger partial charge is 0.496 e. The fourth-order valence-corrected chi connectivity index (χ4v) is 3.73. The van der Waals surface area contributed by atoms with Crippen molar-refractivity contribution in [2.24, 2.45) is 0 Å². The highest BCUT2D eigenvalue weighted by atomic mass is 16.5. The van der Waals surface area contributed by atoms with Gasteiger partial charge in [-0.15, -0.1) is 0 Å². The van der Waals surface area contributed by atoms with Gasteiger partial charge >= 0.3 is 5.97 Å². The average molecular weight is 451 g/mol. The first kappa shape index (κ1) is 23.9. The second kappa shape index (κ2) is 11.2. The molecular formula is C26H30N2O5. The third-order valence-corrected chi connectivity index (χ3v) is 5.54. The van der Waals surface area contributed by atoms with E-state index in [0.717, 1.165) is 24.1 Å². The number of nitrogens with one attached hydrogen (secondary N) is 1. The Bertz CT molecular complexity index is 1070. The lowest BCUT2D eigenvalue weighted by Gasteiger charge is -2.23. The summed E-state index contributed by atoms with van der Waals surface area (Å²) in [6.45, 7) is 2.75. The summed E-state index contributed by atoms with van der Waals surface area (Å²) in [5.74, 6) is 0.592. The van der Waals surface area contributed by atoms with E-state index in [1.54, 1.807) is 43.4 Å². The average Bonchev–Trinajstić information content (AvgIpc) is 3.32. The second-order valence-electron chi connectivity index (χ2n) is 7.71. The Labute approximate surface area is 194 Å². The first-order chi connectivity index (χ1) is 16.0. The molecule has 0 aliphatic rings.